The minimum Gasteiger partial charge on any atom is -0.387 e. The molecule has 1 aliphatic heterocycles. The van der Waals surface area contributed by atoms with Crippen LogP contribution in [0.2, 0.25) is 0 Å². The Balaban J connectivity index is 2.23. The van der Waals surface area contributed by atoms with Crippen molar-refractivity contribution in [3.8, 4) is 11.8 Å². The van der Waals surface area contributed by atoms with Gasteiger partial charge in [0.1, 0.15) is 23.9 Å². The van der Waals surface area contributed by atoms with Crippen LogP contribution in [-0.2, 0) is 18.3 Å². The highest BCUT2D eigenvalue weighted by atomic mass is 31.2. The summed E-state index contributed by atoms with van der Waals surface area (Å²) in [5.74, 6) is 5.01. The molecule has 1 aromatic heterocycles. The highest BCUT2D eigenvalue weighted by Gasteiger charge is 2.45. The van der Waals surface area contributed by atoms with Crippen LogP contribution in [0.4, 0.5) is 0 Å². The fourth-order valence-corrected chi connectivity index (χ4v) is 3.10. The zero-order chi connectivity index (χ0) is 19.5. The minimum atomic E-state index is -4.32. The molecule has 26 heavy (non-hydrogen) atoms. The van der Waals surface area contributed by atoms with Crippen LogP contribution >= 0.6 is 7.82 Å². The number of hydrogen-bond donors (Lipinski definition) is 4. The van der Waals surface area contributed by atoms with E-state index in [-0.39, 0.29) is 12.2 Å². The molecule has 0 radical (unpaired) electrons. The van der Waals surface area contributed by atoms with E-state index in [1.807, 2.05) is 4.98 Å². The summed E-state index contributed by atoms with van der Waals surface area (Å²) < 4.78 is 27.0. The summed E-state index contributed by atoms with van der Waals surface area (Å²) in [6.45, 7) is 2.36. The van der Waals surface area contributed by atoms with Gasteiger partial charge in [0.2, 0.25) is 0 Å². The van der Waals surface area contributed by atoms with Gasteiger partial charge < -0.3 is 19.8 Å². The largest absolute Gasteiger partial charge is 0.472 e. The van der Waals surface area contributed by atoms with Crippen molar-refractivity contribution in [2.75, 3.05) is 13.2 Å². The van der Waals surface area contributed by atoms with E-state index in [9.17, 15) is 29.3 Å². The molecule has 1 aromatic rings. The Morgan fingerprint density at radius 1 is 1.35 bits per heavy atom. The summed E-state index contributed by atoms with van der Waals surface area (Å²) in [5.41, 5.74) is -1.61. The Morgan fingerprint density at radius 2 is 2.04 bits per heavy atom. The summed E-state index contributed by atoms with van der Waals surface area (Å²) >= 11 is 0. The quantitative estimate of drug-likeness (QED) is 0.341. The molecule has 2 heterocycles. The molecule has 2 rings (SSSR count). The Labute approximate surface area is 147 Å². The molecular weight excluding hydrogens is 371 g/mol. The van der Waals surface area contributed by atoms with Crippen LogP contribution in [0, 0.1) is 11.8 Å². The van der Waals surface area contributed by atoms with Crippen molar-refractivity contribution in [2.24, 2.45) is 0 Å². The van der Waals surface area contributed by atoms with Gasteiger partial charge in [-0.1, -0.05) is 5.92 Å². The van der Waals surface area contributed by atoms with Crippen molar-refractivity contribution in [2.45, 2.75) is 38.4 Å². The van der Waals surface area contributed by atoms with Gasteiger partial charge >= 0.3 is 13.5 Å². The van der Waals surface area contributed by atoms with Crippen LogP contribution in [0.1, 0.15) is 25.6 Å². The molecule has 11 nitrogen and oxygen atoms in total. The van der Waals surface area contributed by atoms with E-state index in [0.29, 0.717) is 0 Å². The SMILES string of the molecule is CC#Cc1cn([C@@H]2O[C@H](COP(=O)(O)OCC)[C@@H](O)[C@@H]2O)c(=O)[nH]c1=O. The summed E-state index contributed by atoms with van der Waals surface area (Å²) in [5, 5.41) is 20.2. The Bertz CT molecular complexity index is 868. The second-order valence-electron chi connectivity index (χ2n) is 5.31. The maximum Gasteiger partial charge on any atom is 0.472 e. The average molecular weight is 390 g/mol. The van der Waals surface area contributed by atoms with E-state index in [0.717, 1.165) is 10.8 Å². The third-order valence-corrected chi connectivity index (χ3v) is 4.59. The number of aliphatic hydroxyl groups is 2. The highest BCUT2D eigenvalue weighted by molar-refractivity contribution is 7.47. The molecule has 12 heteroatoms. The van der Waals surface area contributed by atoms with Crippen molar-refractivity contribution >= 4 is 7.82 Å². The number of nitrogens with zero attached hydrogens (tertiary/aromatic N) is 1. The van der Waals surface area contributed by atoms with E-state index in [2.05, 4.69) is 16.4 Å². The molecule has 144 valence electrons. The van der Waals surface area contributed by atoms with Crippen molar-refractivity contribution in [3.63, 3.8) is 0 Å². The lowest BCUT2D eigenvalue weighted by Gasteiger charge is -2.17. The molecule has 4 N–H and O–H groups in total. The standard InChI is InChI=1S/C14H19N2O9P/c1-3-5-8-6-16(14(20)15-12(8)19)13-11(18)10(17)9(25-13)7-24-26(21,22)23-4-2/h6,9-11,13,17-18H,4,7H2,1-2H3,(H,21,22)(H,15,19,20)/t9-,10-,11+,13-/m1/s1. The van der Waals surface area contributed by atoms with E-state index >= 15 is 0 Å². The topological polar surface area (TPSA) is 160 Å². The number of ether oxygens (including phenoxy) is 1. The van der Waals surface area contributed by atoms with Gasteiger partial charge in [-0.15, -0.1) is 5.92 Å². The Morgan fingerprint density at radius 3 is 2.65 bits per heavy atom. The third kappa shape index (κ3) is 4.49. The predicted octanol–water partition coefficient (Wildman–Crippen LogP) is -1.32. The first-order valence-electron chi connectivity index (χ1n) is 7.62. The van der Waals surface area contributed by atoms with Gasteiger partial charge in [0.25, 0.3) is 5.56 Å². The molecule has 1 unspecified atom stereocenters. The second kappa shape index (κ2) is 8.28. The second-order valence-corrected chi connectivity index (χ2v) is 6.77. The van der Waals surface area contributed by atoms with Gasteiger partial charge in [-0.25, -0.2) is 9.36 Å². The number of nitrogens with one attached hydrogen (secondary N) is 1. The molecule has 0 saturated carbocycles. The van der Waals surface area contributed by atoms with Gasteiger partial charge in [-0.3, -0.25) is 23.4 Å². The molecule has 5 atom stereocenters. The third-order valence-electron chi connectivity index (χ3n) is 3.53. The molecule has 0 amide bonds. The summed E-state index contributed by atoms with van der Waals surface area (Å²) in [6.07, 6.45) is -4.54. The van der Waals surface area contributed by atoms with Crippen molar-refractivity contribution in [1.82, 2.24) is 9.55 Å². The first kappa shape index (κ1) is 20.5. The number of aliphatic hydroxyl groups excluding tert-OH is 2. The normalized spacial score (nSPS) is 27.6. The van der Waals surface area contributed by atoms with E-state index in [1.54, 1.807) is 0 Å². The minimum absolute atomic E-state index is 0.0340. The van der Waals surface area contributed by atoms with Crippen LogP contribution in [0.3, 0.4) is 0 Å². The van der Waals surface area contributed by atoms with E-state index < -0.39 is 50.2 Å². The number of aromatic nitrogens is 2. The van der Waals surface area contributed by atoms with Crippen molar-refractivity contribution < 1.29 is 33.5 Å². The lowest BCUT2D eigenvalue weighted by atomic mass is 10.1. The zero-order valence-electron chi connectivity index (χ0n) is 14.0. The van der Waals surface area contributed by atoms with Crippen molar-refractivity contribution in [3.05, 3.63) is 32.6 Å². The lowest BCUT2D eigenvalue weighted by molar-refractivity contribution is -0.0551. The van der Waals surface area contributed by atoms with E-state index in [1.165, 1.54) is 13.8 Å². The van der Waals surface area contributed by atoms with Gasteiger partial charge in [0.05, 0.1) is 13.2 Å². The fourth-order valence-electron chi connectivity index (χ4n) is 2.36. The molecule has 1 aliphatic rings. The average Bonchev–Trinajstić information content (AvgIpc) is 2.84. The Hall–Kier alpha value is -1.77. The van der Waals surface area contributed by atoms with Crippen molar-refractivity contribution in [1.29, 1.82) is 0 Å². The number of phosphoric ester groups is 1. The molecule has 1 saturated heterocycles. The van der Waals surface area contributed by atoms with Gasteiger partial charge in [-0.2, -0.15) is 0 Å². The van der Waals surface area contributed by atoms with Crippen LogP contribution < -0.4 is 11.2 Å². The first-order valence-corrected chi connectivity index (χ1v) is 9.11. The monoisotopic (exact) mass is 390 g/mol. The van der Waals surface area contributed by atoms with Crippen LogP contribution in [0.25, 0.3) is 0 Å². The van der Waals surface area contributed by atoms with Gasteiger partial charge in [0.15, 0.2) is 6.23 Å². The number of H-pyrrole nitrogens is 1. The maximum atomic E-state index is 12.0. The van der Waals surface area contributed by atoms with Gasteiger partial charge in [0, 0.05) is 6.20 Å². The summed E-state index contributed by atoms with van der Waals surface area (Å²) in [6, 6.07) is 0. The summed E-state index contributed by atoms with van der Waals surface area (Å²) in [7, 11) is -4.32. The van der Waals surface area contributed by atoms with Gasteiger partial charge in [-0.05, 0) is 13.8 Å². The highest BCUT2D eigenvalue weighted by Crippen LogP contribution is 2.44. The predicted molar refractivity (Wildman–Crippen MR) is 87.2 cm³/mol. The summed E-state index contributed by atoms with van der Waals surface area (Å²) in [4.78, 5) is 35.1. The molecular formula is C14H19N2O9P. The maximum absolute atomic E-state index is 12.0. The fraction of sp³-hybridized carbons (Fsp3) is 0.571. The number of rotatable bonds is 6. The molecule has 0 aromatic carbocycles. The van der Waals surface area contributed by atoms with E-state index in [4.69, 9.17) is 9.26 Å². The van der Waals surface area contributed by atoms with Crippen LogP contribution in [0.5, 0.6) is 0 Å². The number of phosphoric acid groups is 1. The molecule has 0 aliphatic carbocycles. The Kier molecular flexibility index (Phi) is 6.54. The first-order chi connectivity index (χ1) is 12.2. The molecule has 1 fully saturated rings. The van der Waals surface area contributed by atoms with Crippen LogP contribution in [0.15, 0.2) is 15.8 Å². The number of hydrogen-bond acceptors (Lipinski definition) is 8. The number of aromatic amines is 1. The smallest absolute Gasteiger partial charge is 0.387 e. The zero-order valence-corrected chi connectivity index (χ0v) is 14.9. The molecule has 0 bridgehead atoms. The molecule has 0 spiro atoms. The lowest BCUT2D eigenvalue weighted by Crippen LogP contribution is -2.38. The van der Waals surface area contributed by atoms with Crippen LogP contribution in [-0.4, -0.2) is 56.2 Å².